The van der Waals surface area contributed by atoms with Gasteiger partial charge in [-0.05, 0) is 0 Å². The lowest BCUT2D eigenvalue weighted by atomic mass is 10.4. The van der Waals surface area contributed by atoms with Gasteiger partial charge in [0.05, 0.1) is 13.2 Å². The lowest BCUT2D eigenvalue weighted by Gasteiger charge is -2.08. The van der Waals surface area contributed by atoms with Crippen LogP contribution in [0.1, 0.15) is 19.3 Å². The van der Waals surface area contributed by atoms with Gasteiger partial charge >= 0.3 is 23.9 Å². The maximum Gasteiger partial charge on any atom is 0.324 e. The standard InChI is InChI=1S/C9H10O7/c10-6-4-8(12)16-9(13)5-7(11)15-3-1-2-14-6/h1-5H2. The first kappa shape index (κ1) is 12.2. The summed E-state index contributed by atoms with van der Waals surface area (Å²) in [5.41, 5.74) is 0. The van der Waals surface area contributed by atoms with E-state index in [4.69, 9.17) is 0 Å². The van der Waals surface area contributed by atoms with Crippen LogP contribution in [0.2, 0.25) is 0 Å². The second-order valence-electron chi connectivity index (χ2n) is 2.99. The van der Waals surface area contributed by atoms with E-state index in [0.717, 1.165) is 0 Å². The number of carbonyl (C=O) groups is 4. The summed E-state index contributed by atoms with van der Waals surface area (Å²) in [6.45, 7) is 0.0979. The van der Waals surface area contributed by atoms with Crippen LogP contribution >= 0.6 is 0 Å². The Labute approximate surface area is 90.6 Å². The Kier molecular flexibility index (Phi) is 4.43. The minimum atomic E-state index is -1.04. The molecule has 88 valence electrons. The first-order valence-corrected chi connectivity index (χ1v) is 4.62. The van der Waals surface area contributed by atoms with E-state index in [0.29, 0.717) is 6.42 Å². The molecule has 0 unspecified atom stereocenters. The molecule has 0 amide bonds. The lowest BCUT2D eigenvalue weighted by Crippen LogP contribution is -2.22. The van der Waals surface area contributed by atoms with Crippen LogP contribution in [0.3, 0.4) is 0 Å². The minimum absolute atomic E-state index is 0.0489. The van der Waals surface area contributed by atoms with Crippen molar-refractivity contribution in [2.24, 2.45) is 0 Å². The lowest BCUT2D eigenvalue weighted by molar-refractivity contribution is -0.165. The van der Waals surface area contributed by atoms with Crippen molar-refractivity contribution in [1.82, 2.24) is 0 Å². The maximum absolute atomic E-state index is 10.9. The van der Waals surface area contributed by atoms with Crippen LogP contribution in [0.25, 0.3) is 0 Å². The molecule has 0 bridgehead atoms. The van der Waals surface area contributed by atoms with Gasteiger partial charge in [-0.15, -0.1) is 0 Å². The van der Waals surface area contributed by atoms with Crippen LogP contribution < -0.4 is 0 Å². The molecule has 1 fully saturated rings. The molecule has 0 radical (unpaired) electrons. The van der Waals surface area contributed by atoms with Crippen molar-refractivity contribution >= 4 is 23.9 Å². The molecule has 0 spiro atoms. The van der Waals surface area contributed by atoms with Crippen molar-refractivity contribution in [3.8, 4) is 0 Å². The van der Waals surface area contributed by atoms with Gasteiger partial charge in [0.1, 0.15) is 12.8 Å². The molecule has 0 atom stereocenters. The smallest absolute Gasteiger partial charge is 0.324 e. The van der Waals surface area contributed by atoms with E-state index in [1.807, 2.05) is 0 Å². The molecule has 0 N–H and O–H groups in total. The number of rotatable bonds is 0. The predicted octanol–water partition coefficient (Wildman–Crippen LogP) is -0.674. The van der Waals surface area contributed by atoms with Gasteiger partial charge < -0.3 is 14.2 Å². The summed E-state index contributed by atoms with van der Waals surface area (Å²) in [4.78, 5) is 43.7. The second kappa shape index (κ2) is 5.84. The van der Waals surface area contributed by atoms with Gasteiger partial charge in [0, 0.05) is 6.42 Å². The van der Waals surface area contributed by atoms with Gasteiger partial charge in [-0.2, -0.15) is 0 Å². The molecule has 7 nitrogen and oxygen atoms in total. The first-order valence-electron chi connectivity index (χ1n) is 4.62. The summed E-state index contributed by atoms with van der Waals surface area (Å²) >= 11 is 0. The van der Waals surface area contributed by atoms with E-state index in [1.165, 1.54) is 0 Å². The van der Waals surface area contributed by atoms with Gasteiger partial charge in [-0.3, -0.25) is 19.2 Å². The summed E-state index contributed by atoms with van der Waals surface area (Å²) in [6, 6.07) is 0. The van der Waals surface area contributed by atoms with Gasteiger partial charge in [-0.1, -0.05) is 0 Å². The number of ether oxygens (including phenoxy) is 3. The molecule has 1 aliphatic rings. The molecule has 1 rings (SSSR count). The number of esters is 4. The van der Waals surface area contributed by atoms with Crippen LogP contribution in [-0.4, -0.2) is 37.1 Å². The fraction of sp³-hybridized carbons (Fsp3) is 0.556. The number of cyclic esters (lactones) is 4. The molecule has 1 aliphatic heterocycles. The van der Waals surface area contributed by atoms with Crippen LogP contribution in [0.5, 0.6) is 0 Å². The zero-order valence-corrected chi connectivity index (χ0v) is 8.39. The zero-order chi connectivity index (χ0) is 12.0. The van der Waals surface area contributed by atoms with Crippen molar-refractivity contribution in [3.63, 3.8) is 0 Å². The molecule has 1 heterocycles. The van der Waals surface area contributed by atoms with Crippen LogP contribution in [0.15, 0.2) is 0 Å². The van der Waals surface area contributed by atoms with Crippen molar-refractivity contribution in [2.45, 2.75) is 19.3 Å². The molecular formula is C9H10O7. The molecule has 0 aromatic rings. The second-order valence-corrected chi connectivity index (χ2v) is 2.99. The Morgan fingerprint density at radius 1 is 0.688 bits per heavy atom. The molecule has 0 aromatic carbocycles. The van der Waals surface area contributed by atoms with E-state index in [9.17, 15) is 19.2 Å². The highest BCUT2D eigenvalue weighted by Crippen LogP contribution is 1.99. The zero-order valence-electron chi connectivity index (χ0n) is 8.39. The predicted molar refractivity (Wildman–Crippen MR) is 46.9 cm³/mol. The third-order valence-electron chi connectivity index (χ3n) is 1.62. The third kappa shape index (κ3) is 4.54. The van der Waals surface area contributed by atoms with Gasteiger partial charge in [-0.25, -0.2) is 0 Å². The Morgan fingerprint density at radius 3 is 1.56 bits per heavy atom. The van der Waals surface area contributed by atoms with Gasteiger partial charge in [0.25, 0.3) is 0 Å². The Bertz CT molecular complexity index is 290. The van der Waals surface area contributed by atoms with Crippen LogP contribution in [0, 0.1) is 0 Å². The Morgan fingerprint density at radius 2 is 1.12 bits per heavy atom. The van der Waals surface area contributed by atoms with Crippen molar-refractivity contribution in [3.05, 3.63) is 0 Å². The molecular weight excluding hydrogens is 220 g/mol. The van der Waals surface area contributed by atoms with E-state index in [-0.39, 0.29) is 13.2 Å². The highest BCUT2D eigenvalue weighted by molar-refractivity contribution is 6.00. The average molecular weight is 230 g/mol. The molecule has 0 aromatic heterocycles. The molecule has 16 heavy (non-hydrogen) atoms. The van der Waals surface area contributed by atoms with E-state index < -0.39 is 36.7 Å². The van der Waals surface area contributed by atoms with Crippen LogP contribution in [-0.2, 0) is 33.4 Å². The Balaban J connectivity index is 2.55. The van der Waals surface area contributed by atoms with Gasteiger partial charge in [0.2, 0.25) is 0 Å². The maximum atomic E-state index is 10.9. The SMILES string of the molecule is O=C1CC(=O)OC(=O)CC(=O)OCCCO1. The molecule has 7 heteroatoms. The first-order chi connectivity index (χ1) is 7.58. The molecule has 0 aliphatic carbocycles. The summed E-state index contributed by atoms with van der Waals surface area (Å²) in [5.74, 6) is -3.62. The monoisotopic (exact) mass is 230 g/mol. The number of hydrogen-bond donors (Lipinski definition) is 0. The van der Waals surface area contributed by atoms with Crippen LogP contribution in [0.4, 0.5) is 0 Å². The van der Waals surface area contributed by atoms with E-state index >= 15 is 0 Å². The average Bonchev–Trinajstić information content (AvgIpc) is 2.14. The highest BCUT2D eigenvalue weighted by atomic mass is 16.6. The summed E-state index contributed by atoms with van der Waals surface area (Å²) in [6.07, 6.45) is -0.956. The normalized spacial score (nSPS) is 20.0. The highest BCUT2D eigenvalue weighted by Gasteiger charge is 2.19. The summed E-state index contributed by atoms with van der Waals surface area (Å²) < 4.78 is 13.4. The summed E-state index contributed by atoms with van der Waals surface area (Å²) in [5, 5.41) is 0. The fourth-order valence-electron chi connectivity index (χ4n) is 0.968. The van der Waals surface area contributed by atoms with Crippen molar-refractivity contribution < 1.29 is 33.4 Å². The largest absolute Gasteiger partial charge is 0.465 e. The minimum Gasteiger partial charge on any atom is -0.465 e. The van der Waals surface area contributed by atoms with Gasteiger partial charge in [0.15, 0.2) is 0 Å². The van der Waals surface area contributed by atoms with Crippen molar-refractivity contribution in [1.29, 1.82) is 0 Å². The number of carbonyl (C=O) groups excluding carboxylic acids is 4. The number of hydrogen-bond acceptors (Lipinski definition) is 7. The Hall–Kier alpha value is -1.92. The van der Waals surface area contributed by atoms with E-state index in [1.54, 1.807) is 0 Å². The topological polar surface area (TPSA) is 96.0 Å². The van der Waals surface area contributed by atoms with E-state index in [2.05, 4.69) is 14.2 Å². The molecule has 1 saturated heterocycles. The summed E-state index contributed by atoms with van der Waals surface area (Å²) in [7, 11) is 0. The fourth-order valence-corrected chi connectivity index (χ4v) is 0.968. The third-order valence-corrected chi connectivity index (χ3v) is 1.62. The quantitative estimate of drug-likeness (QED) is 0.309. The van der Waals surface area contributed by atoms with Crippen molar-refractivity contribution in [2.75, 3.05) is 13.2 Å². The molecule has 0 saturated carbocycles.